The first-order valence-electron chi connectivity index (χ1n) is 10.6. The lowest BCUT2D eigenvalue weighted by atomic mass is 10.1. The number of sulfone groups is 1. The molecule has 2 N–H and O–H groups in total. The van der Waals surface area contributed by atoms with Crippen LogP contribution in [0.15, 0.2) is 40.2 Å². The van der Waals surface area contributed by atoms with E-state index in [1.165, 1.54) is 6.42 Å². The molecule has 2 rings (SSSR count). The molecule has 29 heavy (non-hydrogen) atoms. The number of halogens is 1. The highest BCUT2D eigenvalue weighted by molar-refractivity contribution is 14.0. The van der Waals surface area contributed by atoms with Crippen molar-refractivity contribution in [2.45, 2.75) is 63.4 Å². The minimum atomic E-state index is -3.33. The van der Waals surface area contributed by atoms with Gasteiger partial charge in [0, 0.05) is 31.7 Å². The molecule has 6 nitrogen and oxygen atoms in total. The van der Waals surface area contributed by atoms with Crippen molar-refractivity contribution in [2.24, 2.45) is 4.99 Å². The summed E-state index contributed by atoms with van der Waals surface area (Å²) in [5.74, 6) is 0.791. The number of rotatable bonds is 9. The van der Waals surface area contributed by atoms with Crippen molar-refractivity contribution >= 4 is 39.8 Å². The minimum Gasteiger partial charge on any atom is -0.354 e. The van der Waals surface area contributed by atoms with Crippen molar-refractivity contribution in [3.05, 3.63) is 30.3 Å². The van der Waals surface area contributed by atoms with Crippen LogP contribution in [0.3, 0.4) is 0 Å². The number of aliphatic imine (C=N–C) groups is 1. The second kappa shape index (κ2) is 13.4. The topological polar surface area (TPSA) is 73.8 Å². The average molecular weight is 537 g/mol. The molecule has 1 saturated heterocycles. The van der Waals surface area contributed by atoms with Gasteiger partial charge in [0.2, 0.25) is 0 Å². The fourth-order valence-electron chi connectivity index (χ4n) is 3.55. The molecule has 1 heterocycles. The number of nitrogens with zero attached hydrogens (tertiary/aromatic N) is 2. The van der Waals surface area contributed by atoms with Crippen LogP contribution < -0.4 is 10.6 Å². The molecule has 0 aromatic heterocycles. The van der Waals surface area contributed by atoms with Gasteiger partial charge < -0.3 is 15.5 Å². The highest BCUT2D eigenvalue weighted by Gasteiger charge is 2.23. The van der Waals surface area contributed by atoms with E-state index in [0.717, 1.165) is 38.4 Å². The second-order valence-corrected chi connectivity index (χ2v) is 9.46. The van der Waals surface area contributed by atoms with Gasteiger partial charge >= 0.3 is 0 Å². The van der Waals surface area contributed by atoms with Crippen LogP contribution in [0.2, 0.25) is 0 Å². The third-order valence-electron chi connectivity index (χ3n) is 5.14. The lowest BCUT2D eigenvalue weighted by Crippen LogP contribution is -2.52. The Morgan fingerprint density at radius 2 is 1.83 bits per heavy atom. The van der Waals surface area contributed by atoms with E-state index in [2.05, 4.69) is 27.4 Å². The fourth-order valence-corrected chi connectivity index (χ4v) is 5.16. The van der Waals surface area contributed by atoms with E-state index in [-0.39, 0.29) is 35.8 Å². The summed E-state index contributed by atoms with van der Waals surface area (Å²) >= 11 is 0. The van der Waals surface area contributed by atoms with E-state index in [9.17, 15) is 8.42 Å². The Hall–Kier alpha value is -0.870. The molecule has 0 amide bonds. The molecular formula is C21H37IN4O2S. The monoisotopic (exact) mass is 536 g/mol. The zero-order valence-corrected chi connectivity index (χ0v) is 21.1. The smallest absolute Gasteiger partial charge is 0.191 e. The minimum absolute atomic E-state index is 0. The summed E-state index contributed by atoms with van der Waals surface area (Å²) in [4.78, 5) is 7.43. The van der Waals surface area contributed by atoms with E-state index in [1.807, 2.05) is 19.9 Å². The molecule has 1 aliphatic rings. The molecule has 0 radical (unpaired) electrons. The Balaban J connectivity index is 0.00000420. The molecule has 0 spiro atoms. The highest BCUT2D eigenvalue weighted by atomic mass is 127. The summed E-state index contributed by atoms with van der Waals surface area (Å²) in [6, 6.07) is 8.88. The van der Waals surface area contributed by atoms with E-state index < -0.39 is 9.84 Å². The maximum absolute atomic E-state index is 12.7. The van der Waals surface area contributed by atoms with Crippen molar-refractivity contribution in [1.29, 1.82) is 0 Å². The van der Waals surface area contributed by atoms with Gasteiger partial charge in [0.25, 0.3) is 0 Å². The molecule has 1 aliphatic heterocycles. The molecule has 1 atom stereocenters. The number of benzene rings is 1. The Labute approximate surface area is 193 Å². The first-order chi connectivity index (χ1) is 13.5. The molecule has 0 saturated carbocycles. The summed E-state index contributed by atoms with van der Waals surface area (Å²) in [5.41, 5.74) is 0. The zero-order chi connectivity index (χ0) is 20.4. The van der Waals surface area contributed by atoms with Crippen molar-refractivity contribution in [1.82, 2.24) is 15.5 Å². The fraction of sp³-hybridized carbons (Fsp3) is 0.667. The predicted molar refractivity (Wildman–Crippen MR) is 132 cm³/mol. The predicted octanol–water partition coefficient (Wildman–Crippen LogP) is 3.29. The van der Waals surface area contributed by atoms with Gasteiger partial charge in [-0.2, -0.15) is 0 Å². The SMILES string of the molecule is CCCN1CCC(NC(=NCC)NC(CC)CS(=O)(=O)c2ccccc2)CC1.I. The van der Waals surface area contributed by atoms with Gasteiger partial charge in [0.1, 0.15) is 0 Å². The normalized spacial score (nSPS) is 17.4. The lowest BCUT2D eigenvalue weighted by Gasteiger charge is -2.33. The van der Waals surface area contributed by atoms with Gasteiger partial charge in [-0.1, -0.05) is 32.0 Å². The van der Waals surface area contributed by atoms with Crippen LogP contribution in [0.4, 0.5) is 0 Å². The average Bonchev–Trinajstić information content (AvgIpc) is 2.70. The first kappa shape index (κ1) is 26.2. The zero-order valence-electron chi connectivity index (χ0n) is 17.9. The van der Waals surface area contributed by atoms with Gasteiger partial charge in [-0.3, -0.25) is 4.99 Å². The molecule has 0 aliphatic carbocycles. The summed E-state index contributed by atoms with van der Waals surface area (Å²) in [5, 5.41) is 6.89. The molecular weight excluding hydrogens is 499 g/mol. The van der Waals surface area contributed by atoms with Crippen molar-refractivity contribution in [2.75, 3.05) is 31.9 Å². The Morgan fingerprint density at radius 3 is 2.38 bits per heavy atom. The van der Waals surface area contributed by atoms with E-state index in [4.69, 9.17) is 0 Å². The number of hydrogen-bond donors (Lipinski definition) is 2. The number of hydrogen-bond acceptors (Lipinski definition) is 4. The Kier molecular flexibility index (Phi) is 12.1. The number of piperidine rings is 1. The quantitative estimate of drug-likeness (QED) is 0.288. The number of likely N-dealkylation sites (tertiary alicyclic amines) is 1. The van der Waals surface area contributed by atoms with Crippen molar-refractivity contribution in [3.8, 4) is 0 Å². The molecule has 1 aromatic carbocycles. The summed E-state index contributed by atoms with van der Waals surface area (Å²) in [7, 11) is -3.33. The van der Waals surface area contributed by atoms with Gasteiger partial charge in [0.15, 0.2) is 15.8 Å². The van der Waals surface area contributed by atoms with E-state index in [0.29, 0.717) is 23.9 Å². The van der Waals surface area contributed by atoms with Gasteiger partial charge in [-0.15, -0.1) is 24.0 Å². The Morgan fingerprint density at radius 1 is 1.17 bits per heavy atom. The van der Waals surface area contributed by atoms with Crippen LogP contribution in [-0.4, -0.2) is 63.3 Å². The van der Waals surface area contributed by atoms with Crippen LogP contribution in [0.25, 0.3) is 0 Å². The Bertz CT molecular complexity index is 705. The third-order valence-corrected chi connectivity index (χ3v) is 6.97. The summed E-state index contributed by atoms with van der Waals surface area (Å²) in [6.07, 6.45) is 4.08. The van der Waals surface area contributed by atoms with Crippen LogP contribution >= 0.6 is 24.0 Å². The molecule has 1 fully saturated rings. The summed E-state index contributed by atoms with van der Waals surface area (Å²) in [6.45, 7) is 10.2. The maximum atomic E-state index is 12.7. The van der Waals surface area contributed by atoms with Gasteiger partial charge in [-0.25, -0.2) is 8.42 Å². The third kappa shape index (κ3) is 8.80. The summed E-state index contributed by atoms with van der Waals surface area (Å²) < 4.78 is 25.4. The van der Waals surface area contributed by atoms with Crippen LogP contribution in [0.1, 0.15) is 46.5 Å². The van der Waals surface area contributed by atoms with Gasteiger partial charge in [0.05, 0.1) is 10.6 Å². The molecule has 1 unspecified atom stereocenters. The van der Waals surface area contributed by atoms with E-state index in [1.54, 1.807) is 24.3 Å². The second-order valence-electron chi connectivity index (χ2n) is 7.43. The lowest BCUT2D eigenvalue weighted by molar-refractivity contribution is 0.206. The molecule has 1 aromatic rings. The first-order valence-corrected chi connectivity index (χ1v) is 12.2. The molecule has 166 valence electrons. The largest absolute Gasteiger partial charge is 0.354 e. The van der Waals surface area contributed by atoms with Crippen LogP contribution in [0, 0.1) is 0 Å². The molecule has 0 bridgehead atoms. The maximum Gasteiger partial charge on any atom is 0.191 e. The van der Waals surface area contributed by atoms with Crippen molar-refractivity contribution in [3.63, 3.8) is 0 Å². The highest BCUT2D eigenvalue weighted by Crippen LogP contribution is 2.13. The standard InChI is InChI=1S/C21H36N4O2S.HI/c1-4-14-25-15-12-19(13-16-25)24-21(22-6-3)23-18(5-2)17-28(26,27)20-10-8-7-9-11-20;/h7-11,18-19H,4-6,12-17H2,1-3H3,(H2,22,23,24);1H. The van der Waals surface area contributed by atoms with Gasteiger partial charge in [-0.05, 0) is 51.3 Å². The van der Waals surface area contributed by atoms with E-state index >= 15 is 0 Å². The number of guanidine groups is 1. The van der Waals surface area contributed by atoms with Crippen LogP contribution in [-0.2, 0) is 9.84 Å². The van der Waals surface area contributed by atoms with Crippen LogP contribution in [0.5, 0.6) is 0 Å². The molecule has 8 heteroatoms. The number of nitrogens with one attached hydrogen (secondary N) is 2. The van der Waals surface area contributed by atoms with Crippen molar-refractivity contribution < 1.29 is 8.42 Å².